The Labute approximate surface area is 217 Å². The number of ether oxygens (including phenoxy) is 1. The van der Waals surface area contributed by atoms with Crippen LogP contribution in [0.4, 0.5) is 11.6 Å². The van der Waals surface area contributed by atoms with Gasteiger partial charge in [0.05, 0.1) is 4.88 Å². The van der Waals surface area contributed by atoms with Crippen molar-refractivity contribution in [2.75, 3.05) is 42.6 Å². The highest BCUT2D eigenvalue weighted by Gasteiger charge is 2.30. The lowest BCUT2D eigenvalue weighted by atomic mass is 10.1. The maximum atomic E-state index is 11.4. The van der Waals surface area contributed by atoms with Crippen LogP contribution in [0.15, 0.2) is 41.8 Å². The molecule has 2 saturated heterocycles. The van der Waals surface area contributed by atoms with Crippen LogP contribution in [0.25, 0.3) is 21.9 Å². The van der Waals surface area contributed by atoms with Crippen LogP contribution >= 0.6 is 22.9 Å². The van der Waals surface area contributed by atoms with Gasteiger partial charge >= 0.3 is 0 Å². The highest BCUT2D eigenvalue weighted by molar-refractivity contribution is 7.13. The van der Waals surface area contributed by atoms with Gasteiger partial charge < -0.3 is 20.3 Å². The number of aromatic nitrogens is 4. The zero-order valence-electron chi connectivity index (χ0n) is 19.6. The van der Waals surface area contributed by atoms with Crippen LogP contribution in [0.3, 0.4) is 0 Å². The molecule has 0 bridgehead atoms. The summed E-state index contributed by atoms with van der Waals surface area (Å²) in [4.78, 5) is 31.3. The van der Waals surface area contributed by atoms with Crippen molar-refractivity contribution >= 4 is 51.6 Å². The van der Waals surface area contributed by atoms with E-state index in [1.54, 1.807) is 23.5 Å². The van der Waals surface area contributed by atoms with Gasteiger partial charge in [-0.05, 0) is 55.0 Å². The second kappa shape index (κ2) is 9.68. The van der Waals surface area contributed by atoms with E-state index in [-0.39, 0.29) is 6.23 Å². The second-order valence-corrected chi connectivity index (χ2v) is 10.3. The molecule has 0 spiro atoms. The number of carbonyl (C=O) groups is 1. The molecule has 1 amide bonds. The molecule has 1 unspecified atom stereocenters. The molecule has 3 aromatic heterocycles. The summed E-state index contributed by atoms with van der Waals surface area (Å²) in [6.45, 7) is 3.89. The molecule has 186 valence electrons. The summed E-state index contributed by atoms with van der Waals surface area (Å²) < 4.78 is 8.32. The number of halogens is 1. The molecule has 36 heavy (non-hydrogen) atoms. The first-order chi connectivity index (χ1) is 17.6. The Hall–Kier alpha value is -3.21. The summed E-state index contributed by atoms with van der Waals surface area (Å²) in [7, 11) is 0. The third-order valence-electron chi connectivity index (χ3n) is 6.74. The normalized spacial score (nSPS) is 18.6. The standard InChI is InChI=1S/C25H26ClN7O2S/c26-21-20-24(30-23(29-21)18-4-3-15-36-18)33(19-5-1-2-14-35-19)25(28-20)32-12-10-31(11-13-32)17-8-6-16(7-9-17)22(27)34/h3-4,6-9,15,19H,1-2,5,10-14H2,(H2,27,34). The lowest BCUT2D eigenvalue weighted by molar-refractivity contribution is -0.0289. The number of fused-ring (bicyclic) bond motifs is 1. The number of piperazine rings is 1. The van der Waals surface area contributed by atoms with Gasteiger partial charge in [-0.2, -0.15) is 0 Å². The molecule has 2 aliphatic heterocycles. The van der Waals surface area contributed by atoms with Crippen LogP contribution in [-0.4, -0.2) is 58.2 Å². The Morgan fingerprint density at radius 3 is 2.47 bits per heavy atom. The van der Waals surface area contributed by atoms with Crippen LogP contribution in [-0.2, 0) is 4.74 Å². The van der Waals surface area contributed by atoms with Gasteiger partial charge in [-0.25, -0.2) is 15.0 Å². The molecule has 0 aliphatic carbocycles. The SMILES string of the molecule is NC(=O)c1ccc(N2CCN(c3nc4c(Cl)nc(-c5cccs5)nc4n3C3CCCCO3)CC2)cc1. The zero-order valence-corrected chi connectivity index (χ0v) is 21.2. The number of nitrogens with zero attached hydrogens (tertiary/aromatic N) is 6. The number of nitrogens with two attached hydrogens (primary N) is 1. The lowest BCUT2D eigenvalue weighted by Crippen LogP contribution is -2.47. The van der Waals surface area contributed by atoms with Crippen LogP contribution in [0, 0.1) is 0 Å². The molecule has 2 aliphatic rings. The van der Waals surface area contributed by atoms with Gasteiger partial charge in [0.25, 0.3) is 0 Å². The van der Waals surface area contributed by atoms with Crippen molar-refractivity contribution in [1.82, 2.24) is 19.5 Å². The first kappa shape index (κ1) is 23.2. The monoisotopic (exact) mass is 523 g/mol. The molecule has 1 atom stereocenters. The molecule has 2 fully saturated rings. The average molecular weight is 524 g/mol. The smallest absolute Gasteiger partial charge is 0.248 e. The van der Waals surface area contributed by atoms with Crippen LogP contribution in [0.5, 0.6) is 0 Å². The van der Waals surface area contributed by atoms with Crippen LogP contribution in [0.1, 0.15) is 35.8 Å². The summed E-state index contributed by atoms with van der Waals surface area (Å²) in [5, 5.41) is 2.36. The fourth-order valence-electron chi connectivity index (χ4n) is 4.86. The third-order valence-corrected chi connectivity index (χ3v) is 7.87. The summed E-state index contributed by atoms with van der Waals surface area (Å²) in [5.74, 6) is 1.01. The number of imidazole rings is 1. The van der Waals surface area contributed by atoms with Crippen LogP contribution in [0.2, 0.25) is 5.15 Å². The maximum absolute atomic E-state index is 11.4. The van der Waals surface area contributed by atoms with Gasteiger partial charge in [0, 0.05) is 44.0 Å². The minimum absolute atomic E-state index is 0.139. The molecular formula is C25H26ClN7O2S. The molecule has 4 aromatic rings. The molecule has 6 rings (SSSR count). The first-order valence-electron chi connectivity index (χ1n) is 12.1. The van der Waals surface area contributed by atoms with E-state index in [0.29, 0.717) is 27.7 Å². The van der Waals surface area contributed by atoms with E-state index in [9.17, 15) is 4.79 Å². The number of carbonyl (C=O) groups excluding carboxylic acids is 1. The second-order valence-electron chi connectivity index (χ2n) is 8.98. The zero-order chi connectivity index (χ0) is 24.6. The number of benzene rings is 1. The Morgan fingerprint density at radius 1 is 1.03 bits per heavy atom. The van der Waals surface area contributed by atoms with Crippen molar-refractivity contribution in [1.29, 1.82) is 0 Å². The van der Waals surface area contributed by atoms with E-state index < -0.39 is 5.91 Å². The van der Waals surface area contributed by atoms with E-state index in [1.165, 1.54) is 0 Å². The molecule has 2 N–H and O–H groups in total. The van der Waals surface area contributed by atoms with E-state index in [4.69, 9.17) is 32.0 Å². The van der Waals surface area contributed by atoms with Gasteiger partial charge in [-0.3, -0.25) is 9.36 Å². The van der Waals surface area contributed by atoms with Gasteiger partial charge in [0.15, 0.2) is 16.6 Å². The van der Waals surface area contributed by atoms with Gasteiger partial charge in [-0.15, -0.1) is 11.3 Å². The highest BCUT2D eigenvalue weighted by Crippen LogP contribution is 2.36. The largest absolute Gasteiger partial charge is 0.368 e. The first-order valence-corrected chi connectivity index (χ1v) is 13.3. The van der Waals surface area contributed by atoms with Crippen molar-refractivity contribution in [2.45, 2.75) is 25.5 Å². The topological polar surface area (TPSA) is 102 Å². The van der Waals surface area contributed by atoms with E-state index in [0.717, 1.165) is 68.6 Å². The van der Waals surface area contributed by atoms with Crippen molar-refractivity contribution in [3.63, 3.8) is 0 Å². The maximum Gasteiger partial charge on any atom is 0.248 e. The van der Waals surface area contributed by atoms with Gasteiger partial charge in [0.2, 0.25) is 11.9 Å². The van der Waals surface area contributed by atoms with Crippen LogP contribution < -0.4 is 15.5 Å². The Morgan fingerprint density at radius 2 is 1.81 bits per heavy atom. The van der Waals surface area contributed by atoms with Crippen molar-refractivity contribution in [3.05, 3.63) is 52.5 Å². The number of thiophene rings is 1. The fraction of sp³-hybridized carbons (Fsp3) is 0.360. The number of anilines is 2. The predicted octanol–water partition coefficient (Wildman–Crippen LogP) is 4.33. The molecule has 0 radical (unpaired) electrons. The highest BCUT2D eigenvalue weighted by atomic mass is 35.5. The quantitative estimate of drug-likeness (QED) is 0.388. The molecule has 9 nitrogen and oxygen atoms in total. The van der Waals surface area contributed by atoms with Gasteiger partial charge in [0.1, 0.15) is 11.7 Å². The Bertz CT molecular complexity index is 1380. The number of primary amides is 1. The Kier molecular flexibility index (Phi) is 6.24. The molecule has 0 saturated carbocycles. The molecule has 11 heteroatoms. The predicted molar refractivity (Wildman–Crippen MR) is 142 cm³/mol. The summed E-state index contributed by atoms with van der Waals surface area (Å²) in [6, 6.07) is 11.4. The molecule has 5 heterocycles. The summed E-state index contributed by atoms with van der Waals surface area (Å²) >= 11 is 8.24. The summed E-state index contributed by atoms with van der Waals surface area (Å²) in [5.41, 5.74) is 8.28. The number of amides is 1. The summed E-state index contributed by atoms with van der Waals surface area (Å²) in [6.07, 6.45) is 2.91. The Balaban J connectivity index is 1.33. The fourth-order valence-corrected chi connectivity index (χ4v) is 5.73. The molecule has 1 aromatic carbocycles. The third kappa shape index (κ3) is 4.29. The van der Waals surface area contributed by atoms with E-state index >= 15 is 0 Å². The number of rotatable bonds is 5. The van der Waals surface area contributed by atoms with Crippen molar-refractivity contribution in [3.8, 4) is 10.7 Å². The van der Waals surface area contributed by atoms with Gasteiger partial charge in [-0.1, -0.05) is 17.7 Å². The van der Waals surface area contributed by atoms with Crippen molar-refractivity contribution in [2.24, 2.45) is 5.73 Å². The lowest BCUT2D eigenvalue weighted by Gasteiger charge is -2.37. The minimum Gasteiger partial charge on any atom is -0.368 e. The van der Waals surface area contributed by atoms with E-state index in [2.05, 4.69) is 19.4 Å². The average Bonchev–Trinajstić information content (AvgIpc) is 3.58. The van der Waals surface area contributed by atoms with Crippen molar-refractivity contribution < 1.29 is 9.53 Å². The molecular weight excluding hydrogens is 498 g/mol. The van der Waals surface area contributed by atoms with E-state index in [1.807, 2.05) is 29.6 Å². The number of hydrogen-bond donors (Lipinski definition) is 1. The number of hydrogen-bond acceptors (Lipinski definition) is 8. The minimum atomic E-state index is -0.417.